The summed E-state index contributed by atoms with van der Waals surface area (Å²) in [4.78, 5) is 4.95. The minimum atomic E-state index is 0.553. The number of hydrogen-bond donors (Lipinski definition) is 0. The van der Waals surface area contributed by atoms with Crippen LogP contribution in [0.2, 0.25) is 0 Å². The lowest BCUT2D eigenvalue weighted by molar-refractivity contribution is -0.00913. The Labute approximate surface area is 72.9 Å². The van der Waals surface area contributed by atoms with Crippen molar-refractivity contribution in [3.8, 4) is 0 Å². The molecule has 2 fully saturated rings. The summed E-state index contributed by atoms with van der Waals surface area (Å²) >= 11 is 2.12. The second-order valence-corrected chi connectivity index (χ2v) is 4.98. The van der Waals surface area contributed by atoms with Crippen molar-refractivity contribution < 1.29 is 0 Å². The van der Waals surface area contributed by atoms with Gasteiger partial charge in [-0.15, -0.1) is 0 Å². The fourth-order valence-electron chi connectivity index (χ4n) is 2.10. The maximum Gasteiger partial charge on any atom is 0.0551 e. The molecule has 2 saturated heterocycles. The van der Waals surface area contributed by atoms with Gasteiger partial charge in [-0.2, -0.15) is 11.8 Å². The minimum Gasteiger partial charge on any atom is -0.303 e. The standard InChI is InChI=1S/C8H16N2S/c1-9-5-8(6-9)7-11-4-3-10(8)2/h3-7H2,1-2H3. The van der Waals surface area contributed by atoms with E-state index in [4.69, 9.17) is 0 Å². The van der Waals surface area contributed by atoms with Crippen LogP contribution in [0.1, 0.15) is 0 Å². The van der Waals surface area contributed by atoms with Gasteiger partial charge in [0.05, 0.1) is 5.54 Å². The van der Waals surface area contributed by atoms with Gasteiger partial charge in [-0.25, -0.2) is 0 Å². The molecule has 2 aliphatic rings. The molecule has 2 aliphatic heterocycles. The molecular formula is C8H16N2S. The molecule has 0 N–H and O–H groups in total. The van der Waals surface area contributed by atoms with Gasteiger partial charge in [0.15, 0.2) is 0 Å². The van der Waals surface area contributed by atoms with Crippen molar-refractivity contribution in [3.63, 3.8) is 0 Å². The summed E-state index contributed by atoms with van der Waals surface area (Å²) in [5.41, 5.74) is 0.553. The molecule has 0 amide bonds. The van der Waals surface area contributed by atoms with Gasteiger partial charge in [0, 0.05) is 31.1 Å². The molecule has 0 atom stereocenters. The summed E-state index contributed by atoms with van der Waals surface area (Å²) in [5, 5.41) is 0. The zero-order chi connectivity index (χ0) is 7.90. The maximum absolute atomic E-state index is 2.55. The first kappa shape index (κ1) is 7.90. The number of hydrogen-bond acceptors (Lipinski definition) is 3. The molecule has 0 aliphatic carbocycles. The Hall–Kier alpha value is 0.270. The third-order valence-electron chi connectivity index (χ3n) is 2.88. The molecule has 2 nitrogen and oxygen atoms in total. The highest BCUT2D eigenvalue weighted by Crippen LogP contribution is 2.32. The Bertz CT molecular complexity index is 149. The van der Waals surface area contributed by atoms with Gasteiger partial charge in [0.2, 0.25) is 0 Å². The highest BCUT2D eigenvalue weighted by Gasteiger charge is 2.45. The highest BCUT2D eigenvalue weighted by molar-refractivity contribution is 7.99. The van der Waals surface area contributed by atoms with Gasteiger partial charge in [0.25, 0.3) is 0 Å². The quantitative estimate of drug-likeness (QED) is 0.520. The topological polar surface area (TPSA) is 6.48 Å². The second kappa shape index (κ2) is 2.64. The molecule has 0 aromatic rings. The van der Waals surface area contributed by atoms with Crippen LogP contribution in [0.15, 0.2) is 0 Å². The fourth-order valence-corrected chi connectivity index (χ4v) is 3.43. The first-order chi connectivity index (χ1) is 5.23. The van der Waals surface area contributed by atoms with Crippen molar-refractivity contribution >= 4 is 11.8 Å². The summed E-state index contributed by atoms with van der Waals surface area (Å²) in [5.74, 6) is 2.66. The lowest BCUT2D eigenvalue weighted by Crippen LogP contribution is -2.71. The van der Waals surface area contributed by atoms with Crippen LogP contribution in [0.25, 0.3) is 0 Å². The molecule has 0 bridgehead atoms. The van der Waals surface area contributed by atoms with Crippen molar-refractivity contribution in [2.75, 3.05) is 45.2 Å². The summed E-state index contributed by atoms with van der Waals surface area (Å²) in [6, 6.07) is 0. The van der Waals surface area contributed by atoms with Crippen LogP contribution >= 0.6 is 11.8 Å². The summed E-state index contributed by atoms with van der Waals surface area (Å²) in [7, 11) is 4.48. The van der Waals surface area contributed by atoms with E-state index in [1.165, 1.54) is 31.1 Å². The monoisotopic (exact) mass is 172 g/mol. The van der Waals surface area contributed by atoms with Gasteiger partial charge in [0.1, 0.15) is 0 Å². The van der Waals surface area contributed by atoms with E-state index in [9.17, 15) is 0 Å². The van der Waals surface area contributed by atoms with Crippen molar-refractivity contribution in [2.24, 2.45) is 0 Å². The van der Waals surface area contributed by atoms with Gasteiger partial charge in [-0.05, 0) is 14.1 Å². The molecule has 0 unspecified atom stereocenters. The number of thioether (sulfide) groups is 1. The molecule has 64 valence electrons. The van der Waals surface area contributed by atoms with Crippen LogP contribution in [-0.2, 0) is 0 Å². The average Bonchev–Trinajstić information content (AvgIpc) is 1.92. The SMILES string of the molecule is CN1CC2(CSCCN2C)C1. The van der Waals surface area contributed by atoms with Crippen LogP contribution in [0.4, 0.5) is 0 Å². The minimum absolute atomic E-state index is 0.553. The molecule has 1 spiro atoms. The fraction of sp³-hybridized carbons (Fsp3) is 1.00. The van der Waals surface area contributed by atoms with Crippen LogP contribution in [-0.4, -0.2) is 60.6 Å². The smallest absolute Gasteiger partial charge is 0.0551 e. The van der Waals surface area contributed by atoms with Gasteiger partial charge < -0.3 is 4.90 Å². The van der Waals surface area contributed by atoms with Crippen molar-refractivity contribution in [2.45, 2.75) is 5.54 Å². The van der Waals surface area contributed by atoms with Crippen LogP contribution in [0, 0.1) is 0 Å². The summed E-state index contributed by atoms with van der Waals surface area (Å²) in [6.07, 6.45) is 0. The molecule has 2 rings (SSSR count). The van der Waals surface area contributed by atoms with E-state index in [0.29, 0.717) is 5.54 Å². The molecule has 0 saturated carbocycles. The summed E-state index contributed by atoms with van der Waals surface area (Å²) in [6.45, 7) is 3.82. The van der Waals surface area contributed by atoms with Crippen LogP contribution in [0.5, 0.6) is 0 Å². The van der Waals surface area contributed by atoms with E-state index in [1.54, 1.807) is 0 Å². The number of likely N-dealkylation sites (tertiary alicyclic amines) is 1. The first-order valence-corrected chi connectivity index (χ1v) is 5.36. The Morgan fingerprint density at radius 2 is 2.00 bits per heavy atom. The third-order valence-corrected chi connectivity index (χ3v) is 4.09. The van der Waals surface area contributed by atoms with E-state index < -0.39 is 0 Å². The van der Waals surface area contributed by atoms with Gasteiger partial charge >= 0.3 is 0 Å². The largest absolute Gasteiger partial charge is 0.303 e. The molecule has 0 aromatic heterocycles. The zero-order valence-corrected chi connectivity index (χ0v) is 8.15. The van der Waals surface area contributed by atoms with Crippen molar-refractivity contribution in [1.82, 2.24) is 9.80 Å². The number of rotatable bonds is 0. The lowest BCUT2D eigenvalue weighted by Gasteiger charge is -2.55. The molecular weight excluding hydrogens is 156 g/mol. The highest BCUT2D eigenvalue weighted by atomic mass is 32.2. The van der Waals surface area contributed by atoms with Crippen molar-refractivity contribution in [3.05, 3.63) is 0 Å². The molecule has 11 heavy (non-hydrogen) atoms. The van der Waals surface area contributed by atoms with E-state index in [1.807, 2.05) is 0 Å². The predicted octanol–water partition coefficient (Wildman–Crippen LogP) is 0.349. The molecule has 0 aromatic carbocycles. The Balaban J connectivity index is 2.00. The van der Waals surface area contributed by atoms with E-state index >= 15 is 0 Å². The molecule has 0 radical (unpaired) electrons. The lowest BCUT2D eigenvalue weighted by atomic mass is 9.91. The average molecular weight is 172 g/mol. The van der Waals surface area contributed by atoms with Crippen LogP contribution in [0.3, 0.4) is 0 Å². The molecule has 2 heterocycles. The van der Waals surface area contributed by atoms with Gasteiger partial charge in [-0.1, -0.05) is 0 Å². The number of nitrogens with zero attached hydrogens (tertiary/aromatic N) is 2. The van der Waals surface area contributed by atoms with Crippen molar-refractivity contribution in [1.29, 1.82) is 0 Å². The van der Waals surface area contributed by atoms with Crippen LogP contribution < -0.4 is 0 Å². The number of likely N-dealkylation sites (N-methyl/N-ethyl adjacent to an activating group) is 2. The molecule has 3 heteroatoms. The summed E-state index contributed by atoms with van der Waals surface area (Å²) < 4.78 is 0. The van der Waals surface area contributed by atoms with E-state index in [0.717, 1.165) is 0 Å². The third kappa shape index (κ3) is 1.19. The first-order valence-electron chi connectivity index (χ1n) is 4.20. The zero-order valence-electron chi connectivity index (χ0n) is 7.34. The Morgan fingerprint density at radius 1 is 1.27 bits per heavy atom. The normalized spacial score (nSPS) is 32.2. The van der Waals surface area contributed by atoms with Gasteiger partial charge in [-0.3, -0.25) is 4.90 Å². The van der Waals surface area contributed by atoms with E-state index in [2.05, 4.69) is 35.7 Å². The predicted molar refractivity (Wildman–Crippen MR) is 50.2 cm³/mol. The Morgan fingerprint density at radius 3 is 2.55 bits per heavy atom. The second-order valence-electron chi connectivity index (χ2n) is 3.87. The maximum atomic E-state index is 2.55. The van der Waals surface area contributed by atoms with E-state index in [-0.39, 0.29) is 0 Å². The Kier molecular flexibility index (Phi) is 1.90.